The Hall–Kier alpha value is -5.05. The van der Waals surface area contributed by atoms with Gasteiger partial charge in [0.15, 0.2) is 23.0 Å². The fourth-order valence-electron chi connectivity index (χ4n) is 5.11. The Balaban J connectivity index is 1.84. The molecule has 0 radical (unpaired) electrons. The number of aromatic hydroxyl groups is 4. The van der Waals surface area contributed by atoms with Gasteiger partial charge in [0.2, 0.25) is 0 Å². The highest BCUT2D eigenvalue weighted by atomic mass is 16.5. The van der Waals surface area contributed by atoms with E-state index in [9.17, 15) is 25.2 Å². The van der Waals surface area contributed by atoms with Crippen LogP contribution < -0.4 is 18.9 Å². The maximum absolute atomic E-state index is 14.6. The summed E-state index contributed by atoms with van der Waals surface area (Å²) >= 11 is 0. The van der Waals surface area contributed by atoms with E-state index in [1.165, 1.54) is 64.8 Å². The smallest absolute Gasteiger partial charge is 0.160 e. The largest absolute Gasteiger partial charge is 0.508 e. The first-order valence-electron chi connectivity index (χ1n) is 13.2. The number of carbonyl (C=O) groups excluding carboxylic acids is 1. The molecule has 0 spiro atoms. The third kappa shape index (κ3) is 6.46. The molecule has 0 saturated carbocycles. The zero-order valence-electron chi connectivity index (χ0n) is 23.8. The summed E-state index contributed by atoms with van der Waals surface area (Å²) in [6.07, 6.45) is 0.331. The van der Waals surface area contributed by atoms with Crippen molar-refractivity contribution < 1.29 is 44.2 Å². The van der Waals surface area contributed by atoms with Crippen molar-refractivity contribution in [2.75, 3.05) is 28.4 Å². The van der Waals surface area contributed by atoms with E-state index in [0.29, 0.717) is 34.1 Å². The first-order chi connectivity index (χ1) is 20.2. The SMILES string of the molecule is COc1ccc(CC(C(=O)C(Cc2ccc(OC)c(OC)c2)c2ccc(O)cc2O)c2ccc(O)cc2O)cc1OC. The zero-order valence-corrected chi connectivity index (χ0v) is 23.8. The molecule has 9 heteroatoms. The molecular weight excluding hydrogens is 540 g/mol. The molecule has 0 heterocycles. The van der Waals surface area contributed by atoms with Gasteiger partial charge in [-0.15, -0.1) is 0 Å². The number of hydrogen-bond acceptors (Lipinski definition) is 9. The maximum atomic E-state index is 14.6. The average Bonchev–Trinajstić information content (AvgIpc) is 2.98. The number of hydrogen-bond donors (Lipinski definition) is 4. The fraction of sp³-hybridized carbons (Fsp3) is 0.242. The molecule has 4 aromatic carbocycles. The molecule has 0 aliphatic heterocycles. The van der Waals surface area contributed by atoms with Crippen LogP contribution in [0.2, 0.25) is 0 Å². The molecule has 0 aliphatic carbocycles. The normalized spacial score (nSPS) is 12.3. The van der Waals surface area contributed by atoms with Crippen molar-refractivity contribution in [1.82, 2.24) is 0 Å². The number of ether oxygens (including phenoxy) is 4. The van der Waals surface area contributed by atoms with Crippen molar-refractivity contribution in [2.24, 2.45) is 0 Å². The van der Waals surface area contributed by atoms with Crippen molar-refractivity contribution in [1.29, 1.82) is 0 Å². The van der Waals surface area contributed by atoms with Gasteiger partial charge in [0, 0.05) is 23.3 Å². The second kappa shape index (κ2) is 13.1. The minimum atomic E-state index is -0.901. The third-order valence-electron chi connectivity index (χ3n) is 7.24. The van der Waals surface area contributed by atoms with Crippen LogP contribution in [0.5, 0.6) is 46.0 Å². The van der Waals surface area contributed by atoms with Crippen molar-refractivity contribution in [3.8, 4) is 46.0 Å². The number of Topliss-reactive ketones (excluding diaryl/α,β-unsaturated/α-hetero) is 1. The van der Waals surface area contributed by atoms with E-state index in [0.717, 1.165) is 11.1 Å². The lowest BCUT2D eigenvalue weighted by Gasteiger charge is -2.25. The number of rotatable bonds is 12. The minimum Gasteiger partial charge on any atom is -0.508 e. The Morgan fingerprint density at radius 1 is 0.548 bits per heavy atom. The summed E-state index contributed by atoms with van der Waals surface area (Å²) in [5.74, 6) is -0.872. The van der Waals surface area contributed by atoms with Crippen LogP contribution in [0.4, 0.5) is 0 Å². The molecule has 9 nitrogen and oxygen atoms in total. The Bertz CT molecular complexity index is 1450. The van der Waals surface area contributed by atoms with E-state index in [2.05, 4.69) is 0 Å². The van der Waals surface area contributed by atoms with Crippen LogP contribution in [0.1, 0.15) is 34.1 Å². The van der Waals surface area contributed by atoms with Crippen LogP contribution in [0.15, 0.2) is 72.8 Å². The molecule has 2 atom stereocenters. The van der Waals surface area contributed by atoms with E-state index in [-0.39, 0.29) is 41.6 Å². The van der Waals surface area contributed by atoms with E-state index < -0.39 is 11.8 Å². The highest BCUT2D eigenvalue weighted by Gasteiger charge is 2.33. The van der Waals surface area contributed by atoms with Gasteiger partial charge in [0.25, 0.3) is 0 Å². The Kier molecular flexibility index (Phi) is 9.32. The van der Waals surface area contributed by atoms with Gasteiger partial charge in [-0.25, -0.2) is 0 Å². The molecule has 0 amide bonds. The van der Waals surface area contributed by atoms with Crippen LogP contribution >= 0.6 is 0 Å². The first-order valence-corrected chi connectivity index (χ1v) is 13.2. The lowest BCUT2D eigenvalue weighted by atomic mass is 9.77. The van der Waals surface area contributed by atoms with Gasteiger partial charge in [-0.05, 0) is 60.4 Å². The van der Waals surface area contributed by atoms with E-state index in [1.54, 1.807) is 36.4 Å². The van der Waals surface area contributed by atoms with E-state index in [4.69, 9.17) is 18.9 Å². The van der Waals surface area contributed by atoms with Gasteiger partial charge in [0.05, 0.1) is 40.3 Å². The van der Waals surface area contributed by atoms with E-state index >= 15 is 0 Å². The highest BCUT2D eigenvalue weighted by Crippen LogP contribution is 2.41. The quantitative estimate of drug-likeness (QED) is 0.174. The van der Waals surface area contributed by atoms with Crippen LogP contribution in [-0.2, 0) is 17.6 Å². The van der Waals surface area contributed by atoms with Crippen molar-refractivity contribution in [2.45, 2.75) is 24.7 Å². The van der Waals surface area contributed by atoms with Gasteiger partial charge in [-0.3, -0.25) is 4.79 Å². The Morgan fingerprint density at radius 3 is 1.26 bits per heavy atom. The maximum Gasteiger partial charge on any atom is 0.160 e. The molecule has 4 rings (SSSR count). The number of phenolic OH excluding ortho intramolecular Hbond substituents is 4. The molecule has 0 aliphatic rings. The summed E-state index contributed by atoms with van der Waals surface area (Å²) in [6.45, 7) is 0. The van der Waals surface area contributed by atoms with Crippen LogP contribution in [-0.4, -0.2) is 54.6 Å². The molecule has 0 aromatic heterocycles. The molecular formula is C33H34O9. The summed E-state index contributed by atoms with van der Waals surface area (Å²) in [5.41, 5.74) is 2.09. The number of benzene rings is 4. The average molecular weight is 575 g/mol. The van der Waals surface area contributed by atoms with Crippen LogP contribution in [0.25, 0.3) is 0 Å². The first kappa shape index (κ1) is 29.9. The van der Waals surface area contributed by atoms with Crippen LogP contribution in [0.3, 0.4) is 0 Å². The number of carbonyl (C=O) groups is 1. The number of methoxy groups -OCH3 is 4. The van der Waals surface area contributed by atoms with Gasteiger partial charge in [-0.2, -0.15) is 0 Å². The lowest BCUT2D eigenvalue weighted by Crippen LogP contribution is -2.24. The molecule has 2 unspecified atom stereocenters. The second-order valence-electron chi connectivity index (χ2n) is 9.78. The summed E-state index contributed by atoms with van der Waals surface area (Å²) in [6, 6.07) is 18.8. The predicted octanol–water partition coefficient (Wildman–Crippen LogP) is 5.47. The summed E-state index contributed by atoms with van der Waals surface area (Å²) in [4.78, 5) is 14.6. The molecule has 4 aromatic rings. The van der Waals surface area contributed by atoms with Crippen molar-refractivity contribution in [3.63, 3.8) is 0 Å². The minimum absolute atomic E-state index is 0.147. The standard InChI is InChI=1S/C33H34O9/c1-39-29-11-5-19(15-31(29)41-3)13-25(23-9-7-21(34)17-27(23)36)33(38)26(24-10-8-22(35)18-28(24)37)14-20-6-12-30(40-2)32(16-20)42-4/h5-12,15-18,25-26,34-37H,13-14H2,1-4H3. The lowest BCUT2D eigenvalue weighted by molar-refractivity contribution is -0.122. The molecule has 42 heavy (non-hydrogen) atoms. The molecule has 0 saturated heterocycles. The van der Waals surface area contributed by atoms with E-state index in [1.807, 2.05) is 0 Å². The molecule has 220 valence electrons. The highest BCUT2D eigenvalue weighted by molar-refractivity contribution is 5.93. The summed E-state index contributed by atoms with van der Waals surface area (Å²) < 4.78 is 21.6. The number of ketones is 1. The predicted molar refractivity (Wildman–Crippen MR) is 157 cm³/mol. The van der Waals surface area contributed by atoms with Gasteiger partial charge >= 0.3 is 0 Å². The second-order valence-corrected chi connectivity index (χ2v) is 9.78. The Labute approximate surface area is 244 Å². The fourth-order valence-corrected chi connectivity index (χ4v) is 5.11. The van der Waals surface area contributed by atoms with Crippen molar-refractivity contribution in [3.05, 3.63) is 95.1 Å². The van der Waals surface area contributed by atoms with Crippen molar-refractivity contribution >= 4 is 5.78 Å². The zero-order chi connectivity index (χ0) is 30.4. The summed E-state index contributed by atoms with van der Waals surface area (Å²) in [5, 5.41) is 41.6. The monoisotopic (exact) mass is 574 g/mol. The topological polar surface area (TPSA) is 135 Å². The van der Waals surface area contributed by atoms with Gasteiger partial charge < -0.3 is 39.4 Å². The summed E-state index contributed by atoms with van der Waals surface area (Å²) in [7, 11) is 6.09. The van der Waals surface area contributed by atoms with Gasteiger partial charge in [0.1, 0.15) is 28.8 Å². The molecule has 4 N–H and O–H groups in total. The number of phenols is 4. The molecule has 0 fully saturated rings. The van der Waals surface area contributed by atoms with Crippen LogP contribution in [0, 0.1) is 0 Å². The Morgan fingerprint density at radius 2 is 0.929 bits per heavy atom. The molecule has 0 bridgehead atoms. The van der Waals surface area contributed by atoms with Gasteiger partial charge in [-0.1, -0.05) is 24.3 Å². The third-order valence-corrected chi connectivity index (χ3v) is 7.24.